The number of carbonyl (C=O) groups excluding carboxylic acids is 1. The van der Waals surface area contributed by atoms with Gasteiger partial charge in [0.2, 0.25) is 5.75 Å². The second kappa shape index (κ2) is 10.1. The number of carboxylic acids is 1. The number of hydrogen-bond acceptors (Lipinski definition) is 5. The zero-order chi connectivity index (χ0) is 19.6. The molecule has 0 heterocycles. The number of amides is 1. The Labute approximate surface area is 157 Å². The molecule has 1 amide bonds. The fraction of sp³-hybridized carbons (Fsp3) is 0.300. The van der Waals surface area contributed by atoms with Gasteiger partial charge in [0.05, 0.1) is 14.2 Å². The fourth-order valence-electron chi connectivity index (χ4n) is 2.43. The highest BCUT2D eigenvalue weighted by Crippen LogP contribution is 2.39. The van der Waals surface area contributed by atoms with Gasteiger partial charge in [-0.3, -0.25) is 9.59 Å². The van der Waals surface area contributed by atoms with Gasteiger partial charge in [-0.15, -0.1) is 0 Å². The molecular weight excluding hydrogens is 350 g/mol. The summed E-state index contributed by atoms with van der Waals surface area (Å²) in [6.07, 6.45) is 0.354. The molecule has 0 saturated carbocycles. The van der Waals surface area contributed by atoms with E-state index in [0.717, 1.165) is 5.56 Å². The number of aliphatic carboxylic acids is 1. The number of methoxy groups -OCH3 is 2. The Morgan fingerprint density at radius 3 is 2.22 bits per heavy atom. The van der Waals surface area contributed by atoms with Crippen molar-refractivity contribution in [2.45, 2.75) is 19.4 Å². The topological polar surface area (TPSA) is 94.1 Å². The van der Waals surface area contributed by atoms with Crippen LogP contribution in [0.3, 0.4) is 0 Å². The Morgan fingerprint density at radius 1 is 1.04 bits per heavy atom. The largest absolute Gasteiger partial charge is 0.493 e. The van der Waals surface area contributed by atoms with Crippen LogP contribution in [0, 0.1) is 0 Å². The maximum Gasteiger partial charge on any atom is 0.303 e. The minimum Gasteiger partial charge on any atom is -0.493 e. The van der Waals surface area contributed by atoms with Crippen LogP contribution in [0.15, 0.2) is 42.5 Å². The van der Waals surface area contributed by atoms with Gasteiger partial charge in [0.15, 0.2) is 11.5 Å². The van der Waals surface area contributed by atoms with Crippen LogP contribution < -0.4 is 19.5 Å². The van der Waals surface area contributed by atoms with Crippen LogP contribution in [-0.2, 0) is 11.4 Å². The van der Waals surface area contributed by atoms with Crippen molar-refractivity contribution in [1.82, 2.24) is 5.32 Å². The van der Waals surface area contributed by atoms with E-state index in [1.165, 1.54) is 14.2 Å². The van der Waals surface area contributed by atoms with Gasteiger partial charge >= 0.3 is 5.97 Å². The van der Waals surface area contributed by atoms with Crippen LogP contribution in [0.25, 0.3) is 0 Å². The summed E-state index contributed by atoms with van der Waals surface area (Å²) < 4.78 is 16.6. The molecule has 0 aliphatic heterocycles. The van der Waals surface area contributed by atoms with Crippen molar-refractivity contribution >= 4 is 11.9 Å². The molecule has 144 valence electrons. The molecular formula is C20H23NO6. The number of rotatable bonds is 10. The Morgan fingerprint density at radius 2 is 1.67 bits per heavy atom. The maximum absolute atomic E-state index is 12.3. The van der Waals surface area contributed by atoms with E-state index in [4.69, 9.17) is 19.3 Å². The van der Waals surface area contributed by atoms with Gasteiger partial charge in [0.25, 0.3) is 5.91 Å². The summed E-state index contributed by atoms with van der Waals surface area (Å²) in [5, 5.41) is 11.3. The summed E-state index contributed by atoms with van der Waals surface area (Å²) in [4.78, 5) is 22.8. The lowest BCUT2D eigenvalue weighted by Crippen LogP contribution is -2.25. The number of carbonyl (C=O) groups is 2. The second-order valence-electron chi connectivity index (χ2n) is 5.74. The molecule has 0 atom stereocenters. The molecule has 0 aromatic heterocycles. The Kier molecular flexibility index (Phi) is 7.49. The van der Waals surface area contributed by atoms with Gasteiger partial charge in [-0.25, -0.2) is 0 Å². The summed E-state index contributed by atoms with van der Waals surface area (Å²) in [6, 6.07) is 12.8. The van der Waals surface area contributed by atoms with E-state index in [0.29, 0.717) is 35.8 Å². The minimum atomic E-state index is -0.896. The Hall–Kier alpha value is -3.22. The minimum absolute atomic E-state index is 0.000808. The average molecular weight is 373 g/mol. The maximum atomic E-state index is 12.3. The van der Waals surface area contributed by atoms with Crippen molar-refractivity contribution in [2.75, 3.05) is 20.8 Å². The number of benzene rings is 2. The standard InChI is InChI=1S/C20H23NO6/c1-25-16-11-15(20(24)21-10-6-9-18(22)23)12-17(26-2)19(16)27-13-14-7-4-3-5-8-14/h3-5,7-8,11-12H,6,9-10,13H2,1-2H3,(H,21,24)(H,22,23). The van der Waals surface area contributed by atoms with Crippen LogP contribution in [-0.4, -0.2) is 37.7 Å². The van der Waals surface area contributed by atoms with Gasteiger partial charge in [-0.2, -0.15) is 0 Å². The number of nitrogens with one attached hydrogen (secondary N) is 1. The van der Waals surface area contributed by atoms with Crippen LogP contribution in [0.2, 0.25) is 0 Å². The van der Waals surface area contributed by atoms with Gasteiger partial charge in [0.1, 0.15) is 6.61 Å². The highest BCUT2D eigenvalue weighted by Gasteiger charge is 2.18. The summed E-state index contributed by atoms with van der Waals surface area (Å²) in [6.45, 7) is 0.594. The number of carboxylic acid groups (broad SMARTS) is 1. The van der Waals surface area contributed by atoms with Gasteiger partial charge in [-0.05, 0) is 24.1 Å². The lowest BCUT2D eigenvalue weighted by Gasteiger charge is -2.16. The summed E-state index contributed by atoms with van der Waals surface area (Å²) in [7, 11) is 2.97. The monoisotopic (exact) mass is 373 g/mol. The predicted octanol–water partition coefficient (Wildman–Crippen LogP) is 2.88. The molecule has 0 fully saturated rings. The second-order valence-corrected chi connectivity index (χ2v) is 5.74. The van der Waals surface area contributed by atoms with Crippen molar-refractivity contribution in [1.29, 1.82) is 0 Å². The van der Waals surface area contributed by atoms with E-state index in [-0.39, 0.29) is 18.9 Å². The lowest BCUT2D eigenvalue weighted by molar-refractivity contribution is -0.137. The zero-order valence-corrected chi connectivity index (χ0v) is 15.4. The predicted molar refractivity (Wildman–Crippen MR) is 99.5 cm³/mol. The van der Waals surface area contributed by atoms with Crippen molar-refractivity contribution < 1.29 is 28.9 Å². The molecule has 0 radical (unpaired) electrons. The van der Waals surface area contributed by atoms with Crippen LogP contribution in [0.4, 0.5) is 0 Å². The third kappa shape index (κ3) is 5.91. The first kappa shape index (κ1) is 20.1. The molecule has 2 aromatic carbocycles. The summed E-state index contributed by atoms with van der Waals surface area (Å²) in [5.41, 5.74) is 1.33. The van der Waals surface area contributed by atoms with Crippen LogP contribution in [0.5, 0.6) is 17.2 Å². The first-order valence-electron chi connectivity index (χ1n) is 8.48. The molecule has 0 aliphatic carbocycles. The first-order chi connectivity index (χ1) is 13.0. The van der Waals surface area contributed by atoms with Crippen molar-refractivity contribution in [3.8, 4) is 17.2 Å². The smallest absolute Gasteiger partial charge is 0.303 e. The van der Waals surface area contributed by atoms with E-state index in [1.54, 1.807) is 12.1 Å². The van der Waals surface area contributed by atoms with E-state index >= 15 is 0 Å². The molecule has 2 N–H and O–H groups in total. The molecule has 2 aromatic rings. The first-order valence-corrected chi connectivity index (χ1v) is 8.48. The Balaban J connectivity index is 2.12. The molecule has 7 nitrogen and oxygen atoms in total. The average Bonchev–Trinajstić information content (AvgIpc) is 2.69. The van der Waals surface area contributed by atoms with Gasteiger partial charge < -0.3 is 24.6 Å². The van der Waals surface area contributed by atoms with Crippen LogP contribution >= 0.6 is 0 Å². The SMILES string of the molecule is COc1cc(C(=O)NCCCC(=O)O)cc(OC)c1OCc1ccccc1. The highest BCUT2D eigenvalue weighted by molar-refractivity contribution is 5.95. The van der Waals surface area contributed by atoms with Gasteiger partial charge in [-0.1, -0.05) is 30.3 Å². The zero-order valence-electron chi connectivity index (χ0n) is 15.4. The molecule has 0 aliphatic rings. The summed E-state index contributed by atoms with van der Waals surface area (Å²) in [5.74, 6) is -0.0766. The molecule has 27 heavy (non-hydrogen) atoms. The van der Waals surface area contributed by atoms with Crippen molar-refractivity contribution in [2.24, 2.45) is 0 Å². The van der Waals surface area contributed by atoms with Gasteiger partial charge in [0, 0.05) is 18.5 Å². The third-order valence-corrected chi connectivity index (χ3v) is 3.80. The van der Waals surface area contributed by atoms with E-state index in [9.17, 15) is 9.59 Å². The molecule has 0 unspecified atom stereocenters. The molecule has 7 heteroatoms. The van der Waals surface area contributed by atoms with Crippen molar-refractivity contribution in [3.05, 3.63) is 53.6 Å². The molecule has 0 bridgehead atoms. The van der Waals surface area contributed by atoms with E-state index < -0.39 is 5.97 Å². The van der Waals surface area contributed by atoms with E-state index in [2.05, 4.69) is 5.32 Å². The lowest BCUT2D eigenvalue weighted by atomic mass is 10.1. The highest BCUT2D eigenvalue weighted by atomic mass is 16.5. The number of hydrogen-bond donors (Lipinski definition) is 2. The summed E-state index contributed by atoms with van der Waals surface area (Å²) >= 11 is 0. The quantitative estimate of drug-likeness (QED) is 0.622. The van der Waals surface area contributed by atoms with E-state index in [1.807, 2.05) is 30.3 Å². The fourth-order valence-corrected chi connectivity index (χ4v) is 2.43. The number of ether oxygens (including phenoxy) is 3. The molecule has 0 saturated heterocycles. The van der Waals surface area contributed by atoms with Crippen molar-refractivity contribution in [3.63, 3.8) is 0 Å². The molecule has 0 spiro atoms. The Bertz CT molecular complexity index is 750. The van der Waals surface area contributed by atoms with Crippen LogP contribution in [0.1, 0.15) is 28.8 Å². The normalized spacial score (nSPS) is 10.1. The molecule has 2 rings (SSSR count). The third-order valence-electron chi connectivity index (χ3n) is 3.80.